The molecule has 98 valence electrons. The minimum Gasteiger partial charge on any atom is -0.465 e. The number of benzene rings is 1. The van der Waals surface area contributed by atoms with Crippen LogP contribution in [0.3, 0.4) is 0 Å². The van der Waals surface area contributed by atoms with Crippen LogP contribution < -0.4 is 4.90 Å². The number of nitrogens with zero attached hydrogens (tertiary/aromatic N) is 2. The van der Waals surface area contributed by atoms with E-state index in [1.54, 1.807) is 0 Å². The Bertz CT molecular complexity index is 458. The maximum Gasteiger partial charge on any atom is 0.412 e. The van der Waals surface area contributed by atoms with Gasteiger partial charge in [0.1, 0.15) is 6.54 Å². The van der Waals surface area contributed by atoms with Crippen molar-refractivity contribution in [1.82, 2.24) is 0 Å². The van der Waals surface area contributed by atoms with Crippen molar-refractivity contribution < 1.29 is 28.0 Å². The molecule has 0 aliphatic rings. The normalized spacial score (nSPS) is 11.1. The molecule has 0 fully saturated rings. The van der Waals surface area contributed by atoms with Gasteiger partial charge in [0, 0.05) is 17.8 Å². The van der Waals surface area contributed by atoms with Crippen molar-refractivity contribution in [2.24, 2.45) is 0 Å². The van der Waals surface area contributed by atoms with Gasteiger partial charge >= 0.3 is 12.3 Å². The predicted octanol–water partition coefficient (Wildman–Crippen LogP) is 2.64. The highest BCUT2D eigenvalue weighted by atomic mass is 19.4. The zero-order valence-corrected chi connectivity index (χ0v) is 8.72. The summed E-state index contributed by atoms with van der Waals surface area (Å²) < 4.78 is 36.4. The van der Waals surface area contributed by atoms with Gasteiger partial charge in [0.25, 0.3) is 5.69 Å². The lowest BCUT2D eigenvalue weighted by Crippen LogP contribution is -2.38. The molecule has 0 saturated carbocycles. The molecule has 0 aliphatic heterocycles. The summed E-state index contributed by atoms with van der Waals surface area (Å²) in [5.74, 6) is 0. The number of halogens is 3. The second kappa shape index (κ2) is 4.90. The predicted molar refractivity (Wildman–Crippen MR) is 54.5 cm³/mol. The Morgan fingerprint density at radius 3 is 2.17 bits per heavy atom. The highest BCUT2D eigenvalue weighted by Gasteiger charge is 2.34. The molecule has 0 radical (unpaired) electrons. The molecule has 0 aliphatic carbocycles. The van der Waals surface area contributed by atoms with E-state index in [9.17, 15) is 28.1 Å². The number of rotatable bonds is 3. The molecule has 18 heavy (non-hydrogen) atoms. The first kappa shape index (κ1) is 13.7. The first-order valence-corrected chi connectivity index (χ1v) is 4.52. The van der Waals surface area contributed by atoms with Crippen molar-refractivity contribution in [3.05, 3.63) is 34.4 Å². The van der Waals surface area contributed by atoms with Crippen LogP contribution in [-0.2, 0) is 0 Å². The molecule has 1 N–H and O–H groups in total. The topological polar surface area (TPSA) is 83.7 Å². The Morgan fingerprint density at radius 1 is 1.33 bits per heavy atom. The molecule has 9 heteroatoms. The molecule has 0 aromatic heterocycles. The van der Waals surface area contributed by atoms with E-state index in [2.05, 4.69) is 0 Å². The number of nitro groups is 1. The van der Waals surface area contributed by atoms with E-state index in [-0.39, 0.29) is 16.3 Å². The molecule has 0 bridgehead atoms. The van der Waals surface area contributed by atoms with Gasteiger partial charge in [0.2, 0.25) is 0 Å². The molecule has 0 saturated heterocycles. The third-order valence-corrected chi connectivity index (χ3v) is 1.94. The Labute approximate surface area is 98.4 Å². The average molecular weight is 264 g/mol. The Balaban J connectivity index is 3.00. The number of hydrogen-bond donors (Lipinski definition) is 1. The fourth-order valence-electron chi connectivity index (χ4n) is 1.20. The van der Waals surface area contributed by atoms with E-state index in [1.807, 2.05) is 0 Å². The SMILES string of the molecule is O=C(O)N(CC(F)(F)F)c1ccc([N+](=O)[O-])cc1. The zero-order chi connectivity index (χ0) is 13.9. The van der Waals surface area contributed by atoms with Crippen LogP contribution in [0, 0.1) is 10.1 Å². The van der Waals surface area contributed by atoms with E-state index in [0.717, 1.165) is 24.3 Å². The molecule has 1 rings (SSSR count). The van der Waals surface area contributed by atoms with Gasteiger partial charge in [-0.1, -0.05) is 0 Å². The summed E-state index contributed by atoms with van der Waals surface area (Å²) in [5.41, 5.74) is -0.624. The third kappa shape index (κ3) is 3.61. The van der Waals surface area contributed by atoms with Gasteiger partial charge in [-0.25, -0.2) is 4.79 Å². The minimum absolute atomic E-state index is 0.0593. The average Bonchev–Trinajstić information content (AvgIpc) is 2.24. The first-order valence-electron chi connectivity index (χ1n) is 4.52. The lowest BCUT2D eigenvalue weighted by Gasteiger charge is -2.20. The standard InChI is InChI=1S/C9H7F3N2O4/c10-9(11,12)5-13(8(15)16)6-1-3-7(4-2-6)14(17)18/h1-4H,5H2,(H,15,16). The number of nitro benzene ring substituents is 1. The van der Waals surface area contributed by atoms with Gasteiger partial charge < -0.3 is 5.11 Å². The molecule has 0 unspecified atom stereocenters. The quantitative estimate of drug-likeness (QED) is 0.671. The second-order valence-corrected chi connectivity index (χ2v) is 3.26. The Kier molecular flexibility index (Phi) is 3.74. The third-order valence-electron chi connectivity index (χ3n) is 1.94. The fraction of sp³-hybridized carbons (Fsp3) is 0.222. The van der Waals surface area contributed by atoms with E-state index >= 15 is 0 Å². The smallest absolute Gasteiger partial charge is 0.412 e. The number of anilines is 1. The number of carboxylic acid groups (broad SMARTS) is 1. The maximum atomic E-state index is 12.1. The summed E-state index contributed by atoms with van der Waals surface area (Å²) in [4.78, 5) is 20.4. The molecule has 0 heterocycles. The van der Waals surface area contributed by atoms with Crippen LogP contribution in [0.5, 0.6) is 0 Å². The molecule has 1 amide bonds. The summed E-state index contributed by atoms with van der Waals surface area (Å²) >= 11 is 0. The summed E-state index contributed by atoms with van der Waals surface area (Å²) in [5, 5.41) is 19.0. The van der Waals surface area contributed by atoms with E-state index in [1.165, 1.54) is 0 Å². The van der Waals surface area contributed by atoms with Crippen molar-refractivity contribution in [3.63, 3.8) is 0 Å². The van der Waals surface area contributed by atoms with E-state index < -0.39 is 23.7 Å². The molecular formula is C9H7F3N2O4. The van der Waals surface area contributed by atoms with Gasteiger partial charge in [0.05, 0.1) is 4.92 Å². The summed E-state index contributed by atoms with van der Waals surface area (Å²) in [6, 6.07) is 3.75. The minimum atomic E-state index is -4.69. The van der Waals surface area contributed by atoms with Crippen molar-refractivity contribution >= 4 is 17.5 Å². The van der Waals surface area contributed by atoms with Crippen LogP contribution in [0.2, 0.25) is 0 Å². The van der Waals surface area contributed by atoms with Crippen molar-refractivity contribution in [2.75, 3.05) is 11.4 Å². The molecule has 1 aromatic carbocycles. The lowest BCUT2D eigenvalue weighted by molar-refractivity contribution is -0.384. The number of amides is 1. The van der Waals surface area contributed by atoms with Crippen molar-refractivity contribution in [3.8, 4) is 0 Å². The van der Waals surface area contributed by atoms with Crippen molar-refractivity contribution in [2.45, 2.75) is 6.18 Å². The van der Waals surface area contributed by atoms with Gasteiger partial charge in [0.15, 0.2) is 0 Å². The highest BCUT2D eigenvalue weighted by Crippen LogP contribution is 2.24. The van der Waals surface area contributed by atoms with Gasteiger partial charge in [-0.05, 0) is 12.1 Å². The molecule has 0 spiro atoms. The Hall–Kier alpha value is -2.32. The van der Waals surface area contributed by atoms with Crippen LogP contribution in [0.15, 0.2) is 24.3 Å². The van der Waals surface area contributed by atoms with Crippen LogP contribution in [0.25, 0.3) is 0 Å². The summed E-state index contributed by atoms with van der Waals surface area (Å²) in [7, 11) is 0. The molecule has 0 atom stereocenters. The Morgan fingerprint density at radius 2 is 1.83 bits per heavy atom. The monoisotopic (exact) mass is 264 g/mol. The van der Waals surface area contributed by atoms with Gasteiger partial charge in [-0.3, -0.25) is 15.0 Å². The lowest BCUT2D eigenvalue weighted by atomic mass is 10.2. The van der Waals surface area contributed by atoms with E-state index in [4.69, 9.17) is 5.11 Å². The van der Waals surface area contributed by atoms with E-state index in [0.29, 0.717) is 0 Å². The molecular weight excluding hydrogens is 257 g/mol. The first-order chi connectivity index (χ1) is 8.20. The fourth-order valence-corrected chi connectivity index (χ4v) is 1.20. The van der Waals surface area contributed by atoms with Crippen molar-refractivity contribution in [1.29, 1.82) is 0 Å². The van der Waals surface area contributed by atoms with Gasteiger partial charge in [-0.2, -0.15) is 13.2 Å². The van der Waals surface area contributed by atoms with Crippen LogP contribution in [0.4, 0.5) is 29.3 Å². The highest BCUT2D eigenvalue weighted by molar-refractivity contribution is 5.86. The number of hydrogen-bond acceptors (Lipinski definition) is 3. The van der Waals surface area contributed by atoms with Gasteiger partial charge in [-0.15, -0.1) is 0 Å². The second-order valence-electron chi connectivity index (χ2n) is 3.26. The van der Waals surface area contributed by atoms with Crippen LogP contribution in [-0.4, -0.2) is 28.8 Å². The zero-order valence-electron chi connectivity index (χ0n) is 8.72. The number of carbonyl (C=O) groups is 1. The summed E-state index contributed by atoms with van der Waals surface area (Å²) in [6.45, 7) is -1.68. The summed E-state index contributed by atoms with van der Waals surface area (Å²) in [6.07, 6.45) is -6.48. The number of non-ortho nitro benzene ring substituents is 1. The van der Waals surface area contributed by atoms with Crippen LogP contribution in [0.1, 0.15) is 0 Å². The molecule has 1 aromatic rings. The maximum absolute atomic E-state index is 12.1. The molecule has 6 nitrogen and oxygen atoms in total. The number of alkyl halides is 3. The largest absolute Gasteiger partial charge is 0.465 e. The van der Waals surface area contributed by atoms with Crippen LogP contribution >= 0.6 is 0 Å².